The molecule has 0 radical (unpaired) electrons. The Bertz CT molecular complexity index is 187. The molecule has 0 heterocycles. The Morgan fingerprint density at radius 2 is 1.62 bits per heavy atom. The number of unbranched alkanes of at least 4 members (excludes halogenated alkanes) is 7. The van der Waals surface area contributed by atoms with E-state index in [0.717, 1.165) is 19.3 Å². The van der Waals surface area contributed by atoms with E-state index in [1.54, 1.807) is 6.08 Å². The molecule has 94 valence electrons. The molecule has 0 spiro atoms. The van der Waals surface area contributed by atoms with Crippen LogP contribution in [0.1, 0.15) is 64.7 Å². The van der Waals surface area contributed by atoms with Gasteiger partial charge in [-0.05, 0) is 6.42 Å². The van der Waals surface area contributed by atoms with Crippen molar-refractivity contribution in [2.75, 3.05) is 0 Å². The van der Waals surface area contributed by atoms with Crippen LogP contribution in [0, 0.1) is 5.92 Å². The topological polar surface area (TPSA) is 37.3 Å². The summed E-state index contributed by atoms with van der Waals surface area (Å²) in [4.78, 5) is 10.7. The van der Waals surface area contributed by atoms with Crippen LogP contribution in [0.15, 0.2) is 12.7 Å². The minimum atomic E-state index is -0.738. The van der Waals surface area contributed by atoms with Gasteiger partial charge in [-0.25, -0.2) is 0 Å². The van der Waals surface area contributed by atoms with Crippen molar-refractivity contribution in [2.24, 2.45) is 5.92 Å². The number of hydrogen-bond donors (Lipinski definition) is 1. The molecule has 2 heteroatoms. The number of hydrogen-bond acceptors (Lipinski definition) is 1. The molecule has 2 nitrogen and oxygen atoms in total. The van der Waals surface area contributed by atoms with E-state index < -0.39 is 5.97 Å². The average Bonchev–Trinajstić information content (AvgIpc) is 2.26. The second-order valence-corrected chi connectivity index (χ2v) is 4.44. The Labute approximate surface area is 99.7 Å². The predicted octanol–water partition coefficient (Wildman–Crippen LogP) is 4.40. The highest BCUT2D eigenvalue weighted by atomic mass is 16.4. The zero-order valence-corrected chi connectivity index (χ0v) is 10.6. The van der Waals surface area contributed by atoms with Gasteiger partial charge in [0.1, 0.15) is 0 Å². The standard InChI is InChI=1S/C14H26O2/c1-3-5-6-7-8-9-10-11-12-13(4-2)14(15)16/h4,13H,2-3,5-12H2,1H3,(H,15,16). The van der Waals surface area contributed by atoms with E-state index in [0.29, 0.717) is 0 Å². The maximum atomic E-state index is 10.7. The molecule has 0 aromatic carbocycles. The van der Waals surface area contributed by atoms with E-state index in [-0.39, 0.29) is 5.92 Å². The second-order valence-electron chi connectivity index (χ2n) is 4.44. The first-order chi connectivity index (χ1) is 7.72. The first kappa shape index (κ1) is 15.2. The van der Waals surface area contributed by atoms with Crippen molar-refractivity contribution >= 4 is 5.97 Å². The highest BCUT2D eigenvalue weighted by Crippen LogP contribution is 2.14. The summed E-state index contributed by atoms with van der Waals surface area (Å²) in [7, 11) is 0. The number of carbonyl (C=O) groups is 1. The van der Waals surface area contributed by atoms with Crippen LogP contribution in [0.3, 0.4) is 0 Å². The van der Waals surface area contributed by atoms with Crippen molar-refractivity contribution in [3.05, 3.63) is 12.7 Å². The van der Waals surface area contributed by atoms with Gasteiger partial charge in [-0.2, -0.15) is 0 Å². The summed E-state index contributed by atoms with van der Waals surface area (Å²) in [6.07, 6.45) is 12.3. The Morgan fingerprint density at radius 1 is 1.12 bits per heavy atom. The van der Waals surface area contributed by atoms with Crippen LogP contribution in [0.2, 0.25) is 0 Å². The van der Waals surface area contributed by atoms with E-state index in [1.165, 1.54) is 38.5 Å². The highest BCUT2D eigenvalue weighted by molar-refractivity contribution is 5.71. The summed E-state index contributed by atoms with van der Waals surface area (Å²) in [5.41, 5.74) is 0. The van der Waals surface area contributed by atoms with Crippen LogP contribution in [0.4, 0.5) is 0 Å². The largest absolute Gasteiger partial charge is 0.481 e. The molecule has 0 aromatic heterocycles. The van der Waals surface area contributed by atoms with E-state index in [2.05, 4.69) is 13.5 Å². The molecule has 0 fully saturated rings. The summed E-state index contributed by atoms with van der Waals surface area (Å²) in [5, 5.41) is 8.80. The van der Waals surface area contributed by atoms with Crippen LogP contribution in [0.25, 0.3) is 0 Å². The lowest BCUT2D eigenvalue weighted by molar-refractivity contribution is -0.140. The van der Waals surface area contributed by atoms with Crippen molar-refractivity contribution in [3.63, 3.8) is 0 Å². The van der Waals surface area contributed by atoms with Crippen molar-refractivity contribution < 1.29 is 9.90 Å². The lowest BCUT2D eigenvalue weighted by atomic mass is 10.0. The minimum absolute atomic E-state index is 0.347. The zero-order chi connectivity index (χ0) is 12.2. The summed E-state index contributed by atoms with van der Waals surface area (Å²) < 4.78 is 0. The van der Waals surface area contributed by atoms with Crippen molar-refractivity contribution in [1.82, 2.24) is 0 Å². The van der Waals surface area contributed by atoms with Gasteiger partial charge in [-0.1, -0.05) is 64.4 Å². The molecule has 0 aliphatic carbocycles. The fourth-order valence-electron chi connectivity index (χ4n) is 1.84. The Balaban J connectivity index is 3.26. The molecular formula is C14H26O2. The van der Waals surface area contributed by atoms with Gasteiger partial charge in [-0.3, -0.25) is 4.79 Å². The third-order valence-corrected chi connectivity index (χ3v) is 2.97. The first-order valence-corrected chi connectivity index (χ1v) is 6.57. The average molecular weight is 226 g/mol. The molecule has 0 bridgehead atoms. The van der Waals surface area contributed by atoms with E-state index in [1.807, 2.05) is 0 Å². The molecule has 0 aliphatic rings. The lowest BCUT2D eigenvalue weighted by Crippen LogP contribution is -2.10. The molecule has 0 rings (SSSR count). The molecule has 1 unspecified atom stereocenters. The second kappa shape index (κ2) is 10.7. The minimum Gasteiger partial charge on any atom is -0.481 e. The fraction of sp³-hybridized carbons (Fsp3) is 0.786. The number of carboxylic acids is 1. The van der Waals surface area contributed by atoms with Gasteiger partial charge < -0.3 is 5.11 Å². The molecule has 0 aromatic rings. The van der Waals surface area contributed by atoms with Crippen molar-refractivity contribution in [3.8, 4) is 0 Å². The smallest absolute Gasteiger partial charge is 0.310 e. The van der Waals surface area contributed by atoms with Gasteiger partial charge in [-0.15, -0.1) is 6.58 Å². The summed E-state index contributed by atoms with van der Waals surface area (Å²) in [6, 6.07) is 0. The number of aliphatic carboxylic acids is 1. The van der Waals surface area contributed by atoms with Gasteiger partial charge in [0, 0.05) is 0 Å². The highest BCUT2D eigenvalue weighted by Gasteiger charge is 2.11. The molecule has 1 N–H and O–H groups in total. The van der Waals surface area contributed by atoms with E-state index >= 15 is 0 Å². The van der Waals surface area contributed by atoms with E-state index in [4.69, 9.17) is 5.11 Å². The van der Waals surface area contributed by atoms with Gasteiger partial charge in [0.15, 0.2) is 0 Å². The Hall–Kier alpha value is -0.790. The quantitative estimate of drug-likeness (QED) is 0.418. The molecule has 16 heavy (non-hydrogen) atoms. The van der Waals surface area contributed by atoms with Crippen molar-refractivity contribution in [2.45, 2.75) is 64.7 Å². The molecule has 0 saturated heterocycles. The maximum Gasteiger partial charge on any atom is 0.310 e. The monoisotopic (exact) mass is 226 g/mol. The normalized spacial score (nSPS) is 12.3. The maximum absolute atomic E-state index is 10.7. The SMILES string of the molecule is C=CC(CCCCCCCCCC)C(=O)O. The predicted molar refractivity (Wildman–Crippen MR) is 68.5 cm³/mol. The van der Waals surface area contributed by atoms with Gasteiger partial charge in [0.05, 0.1) is 5.92 Å². The first-order valence-electron chi connectivity index (χ1n) is 6.57. The third kappa shape index (κ3) is 8.51. The zero-order valence-electron chi connectivity index (χ0n) is 10.6. The molecule has 0 aliphatic heterocycles. The lowest BCUT2D eigenvalue weighted by Gasteiger charge is -2.06. The third-order valence-electron chi connectivity index (χ3n) is 2.97. The van der Waals surface area contributed by atoms with Crippen molar-refractivity contribution in [1.29, 1.82) is 0 Å². The van der Waals surface area contributed by atoms with Gasteiger partial charge in [0.25, 0.3) is 0 Å². The Morgan fingerprint density at radius 3 is 2.06 bits per heavy atom. The summed E-state index contributed by atoms with van der Waals surface area (Å²) in [6.45, 7) is 5.77. The molecule has 0 saturated carbocycles. The molecule has 1 atom stereocenters. The summed E-state index contributed by atoms with van der Waals surface area (Å²) in [5.74, 6) is -1.09. The Kier molecular flexibility index (Phi) is 10.2. The summed E-state index contributed by atoms with van der Waals surface area (Å²) >= 11 is 0. The van der Waals surface area contributed by atoms with Crippen LogP contribution < -0.4 is 0 Å². The molecular weight excluding hydrogens is 200 g/mol. The van der Waals surface area contributed by atoms with Gasteiger partial charge >= 0.3 is 5.97 Å². The number of carboxylic acid groups (broad SMARTS) is 1. The number of rotatable bonds is 11. The van der Waals surface area contributed by atoms with Crippen LogP contribution >= 0.6 is 0 Å². The van der Waals surface area contributed by atoms with Crippen LogP contribution in [-0.2, 0) is 4.79 Å². The van der Waals surface area contributed by atoms with Crippen LogP contribution in [0.5, 0.6) is 0 Å². The molecule has 0 amide bonds. The van der Waals surface area contributed by atoms with Crippen LogP contribution in [-0.4, -0.2) is 11.1 Å². The fourth-order valence-corrected chi connectivity index (χ4v) is 1.84. The van der Waals surface area contributed by atoms with Gasteiger partial charge in [0.2, 0.25) is 0 Å². The van der Waals surface area contributed by atoms with E-state index in [9.17, 15) is 4.79 Å².